The largest absolute Gasteiger partial charge is 0.481 e. The van der Waals surface area contributed by atoms with E-state index >= 15 is 0 Å². The lowest BCUT2D eigenvalue weighted by molar-refractivity contribution is -0.145. The lowest BCUT2D eigenvalue weighted by Crippen LogP contribution is -2.56. The highest BCUT2D eigenvalue weighted by Crippen LogP contribution is 2.28. The Labute approximate surface area is 106 Å². The van der Waals surface area contributed by atoms with Gasteiger partial charge < -0.3 is 5.11 Å². The van der Waals surface area contributed by atoms with Crippen molar-refractivity contribution in [3.63, 3.8) is 0 Å². The van der Waals surface area contributed by atoms with Crippen molar-refractivity contribution in [1.29, 1.82) is 0 Å². The molecule has 0 atom stereocenters. The smallest absolute Gasteiger partial charge is 0.309 e. The Balaban J connectivity index is 1.99. The Morgan fingerprint density at radius 2 is 1.67 bits per heavy atom. The number of carboxylic acid groups (broad SMARTS) is 1. The zero-order chi connectivity index (χ0) is 13.6. The number of hydrogen-bond donors (Lipinski definition) is 1. The highest BCUT2D eigenvalue weighted by molar-refractivity contribution is 7.92. The van der Waals surface area contributed by atoms with Crippen molar-refractivity contribution in [3.8, 4) is 0 Å². The maximum atomic E-state index is 12.1. The second kappa shape index (κ2) is 4.46. The molecule has 0 bridgehead atoms. The normalized spacial score (nSPS) is 26.7. The summed E-state index contributed by atoms with van der Waals surface area (Å²) < 4.78 is 47.8. The maximum Gasteiger partial charge on any atom is 0.309 e. The first-order valence-corrected chi connectivity index (χ1v) is 8.97. The van der Waals surface area contributed by atoms with E-state index in [0.717, 1.165) is 4.31 Å². The molecule has 2 aliphatic rings. The van der Waals surface area contributed by atoms with Crippen LogP contribution in [-0.2, 0) is 24.7 Å². The molecule has 2 heterocycles. The van der Waals surface area contributed by atoms with E-state index in [4.69, 9.17) is 5.11 Å². The molecule has 9 heteroatoms. The Morgan fingerprint density at radius 1 is 1.17 bits per heavy atom. The van der Waals surface area contributed by atoms with Gasteiger partial charge >= 0.3 is 5.97 Å². The van der Waals surface area contributed by atoms with Crippen LogP contribution in [0.3, 0.4) is 0 Å². The lowest BCUT2D eigenvalue weighted by atomic mass is 10.0. The van der Waals surface area contributed by atoms with Gasteiger partial charge in [0, 0.05) is 13.1 Å². The summed E-state index contributed by atoms with van der Waals surface area (Å²) in [5.41, 5.74) is 0. The SMILES string of the molecule is O=C(O)C1CN(S(=O)(=O)C2CCS(=O)(=O)CC2)C1. The van der Waals surface area contributed by atoms with E-state index in [1.54, 1.807) is 0 Å². The minimum Gasteiger partial charge on any atom is -0.481 e. The Morgan fingerprint density at radius 3 is 2.11 bits per heavy atom. The number of aliphatic carboxylic acids is 1. The number of sulfonamides is 1. The van der Waals surface area contributed by atoms with Crippen molar-refractivity contribution < 1.29 is 26.7 Å². The van der Waals surface area contributed by atoms with Crippen LogP contribution in [0.25, 0.3) is 0 Å². The summed E-state index contributed by atoms with van der Waals surface area (Å²) in [4.78, 5) is 10.6. The molecular weight excluding hydrogens is 282 g/mol. The number of rotatable bonds is 3. The summed E-state index contributed by atoms with van der Waals surface area (Å²) in [6.45, 7) is 0.00182. The minimum absolute atomic E-state index is 0.000909. The van der Waals surface area contributed by atoms with Crippen molar-refractivity contribution in [2.24, 2.45) is 5.92 Å². The van der Waals surface area contributed by atoms with Crippen LogP contribution in [0.2, 0.25) is 0 Å². The number of sulfone groups is 1. The van der Waals surface area contributed by atoms with E-state index in [0.29, 0.717) is 0 Å². The predicted octanol–water partition coefficient (Wildman–Crippen LogP) is -1.09. The van der Waals surface area contributed by atoms with Gasteiger partial charge in [-0.1, -0.05) is 0 Å². The van der Waals surface area contributed by atoms with Gasteiger partial charge in [-0.05, 0) is 12.8 Å². The highest BCUT2D eigenvalue weighted by atomic mass is 32.2. The van der Waals surface area contributed by atoms with Gasteiger partial charge in [0.1, 0.15) is 9.84 Å². The van der Waals surface area contributed by atoms with Crippen LogP contribution in [0.1, 0.15) is 12.8 Å². The van der Waals surface area contributed by atoms with Crippen LogP contribution in [0.4, 0.5) is 0 Å². The van der Waals surface area contributed by atoms with Gasteiger partial charge in [0.05, 0.1) is 22.7 Å². The molecule has 0 aliphatic carbocycles. The van der Waals surface area contributed by atoms with Gasteiger partial charge in [0.2, 0.25) is 10.0 Å². The number of hydrogen-bond acceptors (Lipinski definition) is 5. The van der Waals surface area contributed by atoms with Gasteiger partial charge in [0.15, 0.2) is 0 Å². The first kappa shape index (κ1) is 13.8. The fourth-order valence-electron chi connectivity index (χ4n) is 2.18. The summed E-state index contributed by atoms with van der Waals surface area (Å²) in [7, 11) is -6.63. The molecule has 0 unspecified atom stereocenters. The number of nitrogens with zero attached hydrogens (tertiary/aromatic N) is 1. The zero-order valence-electron chi connectivity index (χ0n) is 9.65. The van der Waals surface area contributed by atoms with E-state index in [-0.39, 0.29) is 37.4 Å². The van der Waals surface area contributed by atoms with Crippen LogP contribution in [0.5, 0.6) is 0 Å². The minimum atomic E-state index is -3.54. The molecule has 0 aromatic rings. The van der Waals surface area contributed by atoms with Crippen LogP contribution >= 0.6 is 0 Å². The summed E-state index contributed by atoms with van der Waals surface area (Å²) in [6.07, 6.45) is 0.220. The first-order chi connectivity index (χ1) is 8.22. The molecule has 0 amide bonds. The maximum absolute atomic E-state index is 12.1. The van der Waals surface area contributed by atoms with Crippen LogP contribution in [0, 0.1) is 5.92 Å². The van der Waals surface area contributed by atoms with E-state index < -0.39 is 37.0 Å². The quantitative estimate of drug-likeness (QED) is 0.709. The third-order valence-electron chi connectivity index (χ3n) is 3.48. The first-order valence-electron chi connectivity index (χ1n) is 5.64. The van der Waals surface area contributed by atoms with E-state index in [1.807, 2.05) is 0 Å². The molecule has 2 rings (SSSR count). The van der Waals surface area contributed by atoms with Gasteiger partial charge in [0.25, 0.3) is 0 Å². The summed E-state index contributed by atoms with van der Waals surface area (Å²) in [6, 6.07) is 0. The fourth-order valence-corrected chi connectivity index (χ4v) is 6.00. The molecule has 1 N–H and O–H groups in total. The molecule has 0 aromatic heterocycles. The Bertz CT molecular complexity index is 532. The van der Waals surface area contributed by atoms with Crippen molar-refractivity contribution >= 4 is 25.8 Å². The zero-order valence-corrected chi connectivity index (χ0v) is 11.3. The number of carbonyl (C=O) groups is 1. The second-order valence-corrected chi connectivity index (χ2v) is 9.26. The predicted molar refractivity (Wildman–Crippen MR) is 63.3 cm³/mol. The van der Waals surface area contributed by atoms with Crippen LogP contribution in [-0.4, -0.2) is 62.1 Å². The van der Waals surface area contributed by atoms with E-state index in [9.17, 15) is 21.6 Å². The van der Waals surface area contributed by atoms with Gasteiger partial charge in [-0.25, -0.2) is 16.8 Å². The molecule has 2 fully saturated rings. The van der Waals surface area contributed by atoms with E-state index in [1.165, 1.54) is 0 Å². The summed E-state index contributed by atoms with van der Waals surface area (Å²) >= 11 is 0. The molecule has 0 saturated carbocycles. The average molecular weight is 297 g/mol. The topological polar surface area (TPSA) is 109 Å². The molecule has 7 nitrogen and oxygen atoms in total. The standard InChI is InChI=1S/C9H15NO6S2/c11-9(12)7-5-10(6-7)18(15,16)8-1-3-17(13,14)4-2-8/h7-8H,1-6H2,(H,11,12). The molecule has 2 saturated heterocycles. The van der Waals surface area contributed by atoms with Gasteiger partial charge in [-0.2, -0.15) is 4.31 Å². The Hall–Kier alpha value is -0.670. The van der Waals surface area contributed by atoms with E-state index in [2.05, 4.69) is 0 Å². The van der Waals surface area contributed by atoms with Crippen molar-refractivity contribution in [1.82, 2.24) is 4.31 Å². The third kappa shape index (κ3) is 2.52. The molecule has 0 spiro atoms. The van der Waals surface area contributed by atoms with Crippen LogP contribution < -0.4 is 0 Å². The summed E-state index contributed by atoms with van der Waals surface area (Å²) in [5, 5.41) is 8.01. The number of carboxylic acids is 1. The lowest BCUT2D eigenvalue weighted by Gasteiger charge is -2.38. The second-order valence-electron chi connectivity index (χ2n) is 4.75. The molecular formula is C9H15NO6S2. The molecule has 18 heavy (non-hydrogen) atoms. The average Bonchev–Trinajstić information content (AvgIpc) is 2.12. The highest BCUT2D eigenvalue weighted by Gasteiger charge is 2.44. The molecule has 0 aromatic carbocycles. The van der Waals surface area contributed by atoms with Crippen molar-refractivity contribution in [3.05, 3.63) is 0 Å². The van der Waals surface area contributed by atoms with Crippen molar-refractivity contribution in [2.45, 2.75) is 18.1 Å². The third-order valence-corrected chi connectivity index (χ3v) is 7.53. The summed E-state index contributed by atoms with van der Waals surface area (Å²) in [5.74, 6) is -1.83. The molecule has 104 valence electrons. The van der Waals surface area contributed by atoms with Gasteiger partial charge in [-0.15, -0.1) is 0 Å². The molecule has 0 radical (unpaired) electrons. The fraction of sp³-hybridized carbons (Fsp3) is 0.889. The van der Waals surface area contributed by atoms with Crippen LogP contribution in [0.15, 0.2) is 0 Å². The monoisotopic (exact) mass is 297 g/mol. The Kier molecular flexibility index (Phi) is 3.41. The molecule has 2 aliphatic heterocycles. The van der Waals surface area contributed by atoms with Crippen molar-refractivity contribution in [2.75, 3.05) is 24.6 Å². The van der Waals surface area contributed by atoms with Gasteiger partial charge in [-0.3, -0.25) is 4.79 Å².